The molecule has 0 aromatic heterocycles. The number of hydrogen-bond donors (Lipinski definition) is 2. The second kappa shape index (κ2) is 9.01. The summed E-state index contributed by atoms with van der Waals surface area (Å²) in [6.07, 6.45) is 0. The molecular formula is C23H22N2O5S. The van der Waals surface area contributed by atoms with Gasteiger partial charge in [0.2, 0.25) is 0 Å². The standard InChI is InChI=1S/C23H22N2O5S/c1-15-12-16(2)14-20(13-15)25-31(28,29)21-10-8-19(9-11-21)24-22(26)17-4-6-18(7-5-17)23(27)30-3/h4-14,25H,1-3H3,(H,24,26). The van der Waals surface area contributed by atoms with Crippen molar-refractivity contribution in [3.8, 4) is 0 Å². The van der Waals surface area contributed by atoms with Crippen molar-refractivity contribution in [3.05, 3.63) is 89.0 Å². The Bertz CT molecular complexity index is 1200. The molecule has 31 heavy (non-hydrogen) atoms. The van der Waals surface area contributed by atoms with Gasteiger partial charge in [0.05, 0.1) is 17.6 Å². The predicted octanol–water partition coefficient (Wildman–Crippen LogP) is 4.14. The first-order chi connectivity index (χ1) is 14.7. The third kappa shape index (κ3) is 5.49. The number of ether oxygens (including phenoxy) is 1. The monoisotopic (exact) mass is 438 g/mol. The number of methoxy groups -OCH3 is 1. The number of rotatable bonds is 6. The van der Waals surface area contributed by atoms with E-state index >= 15 is 0 Å². The Balaban J connectivity index is 1.70. The number of aryl methyl sites for hydroxylation is 2. The van der Waals surface area contributed by atoms with E-state index in [1.807, 2.05) is 19.9 Å². The second-order valence-electron chi connectivity index (χ2n) is 7.03. The largest absolute Gasteiger partial charge is 0.465 e. The zero-order valence-electron chi connectivity index (χ0n) is 17.3. The number of nitrogens with one attached hydrogen (secondary N) is 2. The SMILES string of the molecule is COC(=O)c1ccc(C(=O)Nc2ccc(S(=O)(=O)Nc3cc(C)cc(C)c3)cc2)cc1. The highest BCUT2D eigenvalue weighted by Crippen LogP contribution is 2.21. The van der Waals surface area contributed by atoms with E-state index in [0.717, 1.165) is 11.1 Å². The minimum atomic E-state index is -3.77. The van der Waals surface area contributed by atoms with E-state index in [0.29, 0.717) is 22.5 Å². The Morgan fingerprint density at radius 1 is 0.774 bits per heavy atom. The number of esters is 1. The molecular weight excluding hydrogens is 416 g/mol. The maximum atomic E-state index is 12.7. The van der Waals surface area contributed by atoms with Crippen LogP contribution in [0.4, 0.5) is 11.4 Å². The van der Waals surface area contributed by atoms with Crippen molar-refractivity contribution in [2.45, 2.75) is 18.7 Å². The third-order valence-corrected chi connectivity index (χ3v) is 5.86. The Morgan fingerprint density at radius 2 is 1.32 bits per heavy atom. The van der Waals surface area contributed by atoms with Crippen molar-refractivity contribution in [2.75, 3.05) is 17.1 Å². The number of benzene rings is 3. The van der Waals surface area contributed by atoms with Gasteiger partial charge in [0, 0.05) is 16.9 Å². The molecule has 0 aliphatic rings. The van der Waals surface area contributed by atoms with Gasteiger partial charge in [-0.1, -0.05) is 6.07 Å². The number of carbonyl (C=O) groups excluding carboxylic acids is 2. The molecule has 3 aromatic rings. The number of carbonyl (C=O) groups is 2. The van der Waals surface area contributed by atoms with Gasteiger partial charge in [-0.05, 0) is 85.6 Å². The highest BCUT2D eigenvalue weighted by molar-refractivity contribution is 7.92. The van der Waals surface area contributed by atoms with E-state index < -0.39 is 16.0 Å². The molecule has 8 heteroatoms. The molecule has 3 rings (SSSR count). The van der Waals surface area contributed by atoms with E-state index in [-0.39, 0.29) is 10.8 Å². The quantitative estimate of drug-likeness (QED) is 0.563. The van der Waals surface area contributed by atoms with Gasteiger partial charge in [0.25, 0.3) is 15.9 Å². The molecule has 2 N–H and O–H groups in total. The summed E-state index contributed by atoms with van der Waals surface area (Å²) < 4.78 is 32.5. The van der Waals surface area contributed by atoms with Crippen LogP contribution in [0.2, 0.25) is 0 Å². The maximum Gasteiger partial charge on any atom is 0.337 e. The van der Waals surface area contributed by atoms with Crippen molar-refractivity contribution >= 4 is 33.3 Å². The Labute approximate surface area is 181 Å². The van der Waals surface area contributed by atoms with Crippen molar-refractivity contribution in [1.82, 2.24) is 0 Å². The lowest BCUT2D eigenvalue weighted by atomic mass is 10.1. The molecule has 7 nitrogen and oxygen atoms in total. The lowest BCUT2D eigenvalue weighted by Gasteiger charge is -2.11. The van der Waals surface area contributed by atoms with Gasteiger partial charge >= 0.3 is 5.97 Å². The van der Waals surface area contributed by atoms with Gasteiger partial charge in [-0.25, -0.2) is 13.2 Å². The summed E-state index contributed by atoms with van der Waals surface area (Å²) in [6.45, 7) is 3.79. The van der Waals surface area contributed by atoms with Crippen LogP contribution in [0.1, 0.15) is 31.8 Å². The first-order valence-electron chi connectivity index (χ1n) is 9.39. The van der Waals surface area contributed by atoms with E-state index in [9.17, 15) is 18.0 Å². The fourth-order valence-electron chi connectivity index (χ4n) is 3.04. The topological polar surface area (TPSA) is 102 Å². The van der Waals surface area contributed by atoms with Crippen molar-refractivity contribution < 1.29 is 22.7 Å². The van der Waals surface area contributed by atoms with Gasteiger partial charge < -0.3 is 10.1 Å². The van der Waals surface area contributed by atoms with Crippen LogP contribution < -0.4 is 10.0 Å². The van der Waals surface area contributed by atoms with Crippen LogP contribution in [-0.4, -0.2) is 27.4 Å². The Hall–Kier alpha value is -3.65. The van der Waals surface area contributed by atoms with Gasteiger partial charge in [-0.2, -0.15) is 0 Å². The molecule has 1 amide bonds. The molecule has 0 radical (unpaired) electrons. The molecule has 0 fully saturated rings. The summed E-state index contributed by atoms with van der Waals surface area (Å²) in [4.78, 5) is 23.9. The van der Waals surface area contributed by atoms with Gasteiger partial charge in [-0.15, -0.1) is 0 Å². The van der Waals surface area contributed by atoms with Crippen LogP contribution in [0, 0.1) is 13.8 Å². The van der Waals surface area contributed by atoms with Crippen molar-refractivity contribution in [1.29, 1.82) is 0 Å². The summed E-state index contributed by atoms with van der Waals surface area (Å²) >= 11 is 0. The normalized spacial score (nSPS) is 10.9. The van der Waals surface area contributed by atoms with Crippen LogP contribution in [0.3, 0.4) is 0 Å². The highest BCUT2D eigenvalue weighted by Gasteiger charge is 2.15. The Kier molecular flexibility index (Phi) is 6.41. The third-order valence-electron chi connectivity index (χ3n) is 4.46. The van der Waals surface area contributed by atoms with Crippen LogP contribution in [-0.2, 0) is 14.8 Å². The average molecular weight is 439 g/mol. The predicted molar refractivity (Wildman–Crippen MR) is 119 cm³/mol. The zero-order valence-corrected chi connectivity index (χ0v) is 18.1. The molecule has 0 bridgehead atoms. The minimum Gasteiger partial charge on any atom is -0.465 e. The van der Waals surface area contributed by atoms with E-state index in [1.165, 1.54) is 55.6 Å². The van der Waals surface area contributed by atoms with E-state index in [2.05, 4.69) is 14.8 Å². The van der Waals surface area contributed by atoms with Gasteiger partial charge in [0.1, 0.15) is 0 Å². The molecule has 3 aromatic carbocycles. The summed E-state index contributed by atoms with van der Waals surface area (Å²) in [5.41, 5.74) is 3.52. The number of amides is 1. The molecule has 0 saturated heterocycles. The highest BCUT2D eigenvalue weighted by atomic mass is 32.2. The molecule has 0 unspecified atom stereocenters. The summed E-state index contributed by atoms with van der Waals surface area (Å²) in [5, 5.41) is 2.69. The van der Waals surface area contributed by atoms with E-state index in [1.54, 1.807) is 12.1 Å². The molecule has 160 valence electrons. The fourth-order valence-corrected chi connectivity index (χ4v) is 4.08. The summed E-state index contributed by atoms with van der Waals surface area (Å²) in [5.74, 6) is -0.876. The molecule has 0 spiro atoms. The van der Waals surface area contributed by atoms with Crippen molar-refractivity contribution in [3.63, 3.8) is 0 Å². The van der Waals surface area contributed by atoms with Crippen LogP contribution >= 0.6 is 0 Å². The van der Waals surface area contributed by atoms with Gasteiger partial charge in [-0.3, -0.25) is 9.52 Å². The zero-order chi connectivity index (χ0) is 22.6. The van der Waals surface area contributed by atoms with Crippen LogP contribution in [0.5, 0.6) is 0 Å². The number of sulfonamides is 1. The lowest BCUT2D eigenvalue weighted by molar-refractivity contribution is 0.0600. The maximum absolute atomic E-state index is 12.7. The minimum absolute atomic E-state index is 0.0760. The van der Waals surface area contributed by atoms with E-state index in [4.69, 9.17) is 0 Å². The summed E-state index contributed by atoms with van der Waals surface area (Å²) in [7, 11) is -2.48. The average Bonchev–Trinajstić information content (AvgIpc) is 2.72. The molecule has 0 aliphatic carbocycles. The first kappa shape index (κ1) is 22.0. The fraction of sp³-hybridized carbons (Fsp3) is 0.130. The molecule has 0 saturated carbocycles. The molecule has 0 aliphatic heterocycles. The first-order valence-corrected chi connectivity index (χ1v) is 10.9. The lowest BCUT2D eigenvalue weighted by Crippen LogP contribution is -2.14. The molecule has 0 heterocycles. The number of hydrogen-bond acceptors (Lipinski definition) is 5. The smallest absolute Gasteiger partial charge is 0.337 e. The van der Waals surface area contributed by atoms with Crippen LogP contribution in [0.15, 0.2) is 71.6 Å². The summed E-state index contributed by atoms with van der Waals surface area (Å²) in [6, 6.07) is 17.3. The van der Waals surface area contributed by atoms with Gasteiger partial charge in [0.15, 0.2) is 0 Å². The van der Waals surface area contributed by atoms with Crippen molar-refractivity contribution in [2.24, 2.45) is 0 Å². The second-order valence-corrected chi connectivity index (χ2v) is 8.71. The van der Waals surface area contributed by atoms with Crippen LogP contribution in [0.25, 0.3) is 0 Å². The Morgan fingerprint density at radius 3 is 1.87 bits per heavy atom. The number of anilines is 2. The molecule has 0 atom stereocenters.